The Morgan fingerprint density at radius 3 is 1.51 bits per heavy atom. The molecule has 3 N–H and O–H groups in total. The van der Waals surface area contributed by atoms with E-state index in [9.17, 15) is 14.4 Å². The minimum absolute atomic E-state index is 0.0328. The lowest BCUT2D eigenvalue weighted by Crippen LogP contribution is -2.26. The summed E-state index contributed by atoms with van der Waals surface area (Å²) >= 11 is 0. The third kappa shape index (κ3) is 9.61. The van der Waals surface area contributed by atoms with E-state index in [1.807, 2.05) is 66.7 Å². The molecular formula is C33H33NO9. The number of carboxylic acid groups (broad SMARTS) is 2. The highest BCUT2D eigenvalue weighted by Crippen LogP contribution is 2.27. The van der Waals surface area contributed by atoms with E-state index < -0.39 is 24.6 Å². The monoisotopic (exact) mass is 587 g/mol. The Balaban J connectivity index is 0.000000303. The lowest BCUT2D eigenvalue weighted by Gasteiger charge is -2.22. The number of amides is 1. The number of rotatable bonds is 11. The second kappa shape index (κ2) is 16.2. The van der Waals surface area contributed by atoms with E-state index in [0.717, 1.165) is 22.3 Å². The second-order valence-electron chi connectivity index (χ2n) is 9.16. The van der Waals surface area contributed by atoms with Gasteiger partial charge in [0, 0.05) is 0 Å². The zero-order valence-electron chi connectivity index (χ0n) is 23.8. The van der Waals surface area contributed by atoms with Crippen LogP contribution in [0.4, 0.5) is 16.2 Å². The van der Waals surface area contributed by atoms with Crippen LogP contribution >= 0.6 is 0 Å². The molecule has 4 aromatic rings. The molecule has 10 heteroatoms. The molecule has 0 heterocycles. The fourth-order valence-corrected chi connectivity index (χ4v) is 3.96. The number of aliphatic carboxylic acids is 2. The Bertz CT molecular complexity index is 1470. The van der Waals surface area contributed by atoms with Gasteiger partial charge in [-0.1, -0.05) is 60.7 Å². The molecule has 0 bridgehead atoms. The zero-order chi connectivity index (χ0) is 31.2. The van der Waals surface area contributed by atoms with E-state index in [2.05, 4.69) is 0 Å². The molecule has 0 aromatic heterocycles. The van der Waals surface area contributed by atoms with Crippen LogP contribution in [0.3, 0.4) is 0 Å². The highest BCUT2D eigenvalue weighted by molar-refractivity contribution is 5.95. The van der Waals surface area contributed by atoms with Gasteiger partial charge < -0.3 is 29.5 Å². The molecular weight excluding hydrogens is 554 g/mol. The molecule has 4 rings (SSSR count). The van der Waals surface area contributed by atoms with Gasteiger partial charge in [-0.25, -0.2) is 19.3 Å². The highest BCUT2D eigenvalue weighted by Gasteiger charge is 2.20. The number of ether oxygens (including phenoxy) is 3. The Hall–Kier alpha value is -5.35. The first kappa shape index (κ1) is 32.2. The molecule has 0 unspecified atom stereocenters. The number of nitrogens with zero attached hydrogens (tertiary/aromatic N) is 1. The molecule has 0 atom stereocenters. The van der Waals surface area contributed by atoms with Crippen molar-refractivity contribution in [3.8, 4) is 11.5 Å². The molecule has 224 valence electrons. The molecule has 4 aromatic carbocycles. The lowest BCUT2D eigenvalue weighted by molar-refractivity contribution is -0.140. The average molecular weight is 588 g/mol. The second-order valence-corrected chi connectivity index (χ2v) is 9.16. The number of aliphatic hydroxyl groups excluding tert-OH is 1. The van der Waals surface area contributed by atoms with Crippen molar-refractivity contribution in [3.05, 3.63) is 119 Å². The fourth-order valence-electron chi connectivity index (χ4n) is 3.96. The molecule has 0 aliphatic rings. The van der Waals surface area contributed by atoms with Crippen molar-refractivity contribution < 1.29 is 43.9 Å². The molecule has 0 saturated heterocycles. The van der Waals surface area contributed by atoms with Gasteiger partial charge >= 0.3 is 18.0 Å². The number of anilines is 2. The van der Waals surface area contributed by atoms with E-state index in [1.165, 1.54) is 4.90 Å². The maximum absolute atomic E-state index is 12.9. The van der Waals surface area contributed by atoms with Crippen molar-refractivity contribution in [2.24, 2.45) is 0 Å². The quantitative estimate of drug-likeness (QED) is 0.196. The summed E-state index contributed by atoms with van der Waals surface area (Å²) in [7, 11) is 0. The minimum Gasteiger partial charge on any atom is -0.482 e. The molecule has 0 aliphatic heterocycles. The predicted molar refractivity (Wildman–Crippen MR) is 160 cm³/mol. The van der Waals surface area contributed by atoms with Crippen LogP contribution in [0.15, 0.2) is 97.1 Å². The van der Waals surface area contributed by atoms with Gasteiger partial charge in [0.25, 0.3) is 0 Å². The summed E-state index contributed by atoms with van der Waals surface area (Å²) < 4.78 is 15.9. The third-order valence-electron chi connectivity index (χ3n) is 6.23. The van der Waals surface area contributed by atoms with Crippen LogP contribution in [-0.4, -0.2) is 46.6 Å². The van der Waals surface area contributed by atoms with Gasteiger partial charge in [0.15, 0.2) is 13.2 Å². The van der Waals surface area contributed by atoms with Gasteiger partial charge in [-0.05, 0) is 72.5 Å². The van der Waals surface area contributed by atoms with Gasteiger partial charge in [-0.3, -0.25) is 0 Å². The summed E-state index contributed by atoms with van der Waals surface area (Å²) in [5.74, 6) is -1.12. The predicted octanol–water partition coefficient (Wildman–Crippen LogP) is 5.88. The standard InChI is InChI=1S/C23H21NO5.C10H12O4/c1-17-18(9-8-14-21(17)28-16-22(25)26)15-29-23(27)24(19-10-4-2-5-11-19)20-12-6-3-7-13-20;1-7-8(5-11)3-2-4-9(7)14-6-10(12)13/h2-14H,15-16H2,1H3,(H,25,26);2-4,11H,5-6H2,1H3,(H,12,13). The van der Waals surface area contributed by atoms with Crippen LogP contribution < -0.4 is 14.4 Å². The van der Waals surface area contributed by atoms with Gasteiger partial charge in [0.2, 0.25) is 0 Å². The number of hydrogen-bond acceptors (Lipinski definition) is 7. The Labute approximate surface area is 249 Å². The van der Waals surface area contributed by atoms with E-state index in [-0.39, 0.29) is 19.8 Å². The van der Waals surface area contributed by atoms with Crippen LogP contribution in [0.25, 0.3) is 0 Å². The molecule has 43 heavy (non-hydrogen) atoms. The molecule has 0 aliphatic carbocycles. The normalized spacial score (nSPS) is 10.1. The number of benzene rings is 4. The van der Waals surface area contributed by atoms with Crippen molar-refractivity contribution in [1.29, 1.82) is 0 Å². The van der Waals surface area contributed by atoms with Crippen LogP contribution in [0.2, 0.25) is 0 Å². The Morgan fingerprint density at radius 2 is 1.07 bits per heavy atom. The van der Waals surface area contributed by atoms with Crippen LogP contribution in [0.5, 0.6) is 11.5 Å². The zero-order valence-corrected chi connectivity index (χ0v) is 23.8. The van der Waals surface area contributed by atoms with E-state index in [1.54, 1.807) is 44.2 Å². The average Bonchev–Trinajstić information content (AvgIpc) is 3.01. The smallest absolute Gasteiger partial charge is 0.419 e. The first-order valence-electron chi connectivity index (χ1n) is 13.2. The van der Waals surface area contributed by atoms with Crippen molar-refractivity contribution >= 4 is 29.4 Å². The molecule has 1 amide bonds. The van der Waals surface area contributed by atoms with Crippen molar-refractivity contribution in [3.63, 3.8) is 0 Å². The number of carbonyl (C=O) groups is 3. The Kier molecular flexibility index (Phi) is 12.1. The number of carboxylic acids is 2. The lowest BCUT2D eigenvalue weighted by atomic mass is 10.1. The largest absolute Gasteiger partial charge is 0.482 e. The summed E-state index contributed by atoms with van der Waals surface area (Å²) in [5, 5.41) is 26.2. The molecule has 0 spiro atoms. The van der Waals surface area contributed by atoms with Crippen LogP contribution in [0.1, 0.15) is 22.3 Å². The van der Waals surface area contributed by atoms with Gasteiger partial charge in [-0.15, -0.1) is 0 Å². The van der Waals surface area contributed by atoms with Gasteiger partial charge in [0.05, 0.1) is 18.0 Å². The summed E-state index contributed by atoms with van der Waals surface area (Å²) in [6.07, 6.45) is -0.515. The topological polar surface area (TPSA) is 143 Å². The minimum atomic E-state index is -1.05. The summed E-state index contributed by atoms with van der Waals surface area (Å²) in [6.45, 7) is 2.74. The summed E-state index contributed by atoms with van der Waals surface area (Å²) in [5.41, 5.74) is 4.37. The number of aliphatic hydroxyl groups is 1. The van der Waals surface area contributed by atoms with Crippen molar-refractivity contribution in [1.82, 2.24) is 0 Å². The van der Waals surface area contributed by atoms with Crippen LogP contribution in [0, 0.1) is 13.8 Å². The summed E-state index contributed by atoms with van der Waals surface area (Å²) in [4.78, 5) is 35.4. The fraction of sp³-hybridized carbons (Fsp3) is 0.182. The van der Waals surface area contributed by atoms with Crippen molar-refractivity contribution in [2.45, 2.75) is 27.1 Å². The van der Waals surface area contributed by atoms with E-state index in [4.69, 9.17) is 29.5 Å². The summed E-state index contributed by atoms with van der Waals surface area (Å²) in [6, 6.07) is 28.9. The molecule has 0 saturated carbocycles. The maximum atomic E-state index is 12.9. The van der Waals surface area contributed by atoms with Gasteiger partial charge in [0.1, 0.15) is 18.1 Å². The van der Waals surface area contributed by atoms with E-state index >= 15 is 0 Å². The molecule has 0 fully saturated rings. The van der Waals surface area contributed by atoms with E-state index in [0.29, 0.717) is 22.9 Å². The number of hydrogen-bond donors (Lipinski definition) is 3. The molecule has 10 nitrogen and oxygen atoms in total. The third-order valence-corrected chi connectivity index (χ3v) is 6.23. The maximum Gasteiger partial charge on any atom is 0.419 e. The SMILES string of the molecule is Cc1c(CO)cccc1OCC(=O)O.Cc1c(COC(=O)N(c2ccccc2)c2ccccc2)cccc1OCC(=O)O. The number of carbonyl (C=O) groups excluding carboxylic acids is 1. The molecule has 0 radical (unpaired) electrons. The first-order chi connectivity index (χ1) is 20.7. The van der Waals surface area contributed by atoms with Crippen molar-refractivity contribution in [2.75, 3.05) is 18.1 Å². The first-order valence-corrected chi connectivity index (χ1v) is 13.2. The Morgan fingerprint density at radius 1 is 0.628 bits per heavy atom. The van der Waals surface area contributed by atoms with Crippen LogP contribution in [-0.2, 0) is 27.5 Å². The van der Waals surface area contributed by atoms with Gasteiger partial charge in [-0.2, -0.15) is 0 Å². The highest BCUT2D eigenvalue weighted by atomic mass is 16.6. The number of para-hydroxylation sites is 2.